The SMILES string of the molecule is COC(=O)c1nc2c(N)cc(Cl)cc2[nH]1. The molecule has 5 nitrogen and oxygen atoms in total. The molecule has 0 atom stereocenters. The summed E-state index contributed by atoms with van der Waals surface area (Å²) >= 11 is 5.80. The van der Waals surface area contributed by atoms with Crippen LogP contribution in [0.1, 0.15) is 10.6 Å². The van der Waals surface area contributed by atoms with Gasteiger partial charge in [-0.1, -0.05) is 11.6 Å². The highest BCUT2D eigenvalue weighted by Crippen LogP contribution is 2.24. The summed E-state index contributed by atoms with van der Waals surface area (Å²) in [6.45, 7) is 0. The van der Waals surface area contributed by atoms with Gasteiger partial charge in [0.1, 0.15) is 5.52 Å². The Balaban J connectivity index is 2.65. The number of esters is 1. The maximum atomic E-state index is 11.2. The number of hydrogen-bond acceptors (Lipinski definition) is 4. The first-order chi connectivity index (χ1) is 7.11. The summed E-state index contributed by atoms with van der Waals surface area (Å²) in [5.41, 5.74) is 7.24. The quantitative estimate of drug-likeness (QED) is 0.570. The molecule has 1 heterocycles. The standard InChI is InChI=1S/C9H8ClN3O2/c1-15-9(14)8-12-6-3-4(10)2-5(11)7(6)13-8/h2-3H,11H2,1H3,(H,12,13). The van der Waals surface area contributed by atoms with E-state index >= 15 is 0 Å². The largest absolute Gasteiger partial charge is 0.463 e. The number of nitrogens with one attached hydrogen (secondary N) is 1. The number of benzene rings is 1. The summed E-state index contributed by atoms with van der Waals surface area (Å²) < 4.78 is 4.53. The number of nitrogens with two attached hydrogens (primary N) is 1. The number of fused-ring (bicyclic) bond motifs is 1. The number of imidazole rings is 1. The first-order valence-corrected chi connectivity index (χ1v) is 4.52. The second-order valence-corrected chi connectivity index (χ2v) is 3.40. The highest BCUT2D eigenvalue weighted by atomic mass is 35.5. The number of aromatic amines is 1. The van der Waals surface area contributed by atoms with Crippen molar-refractivity contribution in [2.45, 2.75) is 0 Å². The first kappa shape index (κ1) is 9.79. The molecule has 0 bridgehead atoms. The Labute approximate surface area is 90.2 Å². The van der Waals surface area contributed by atoms with Gasteiger partial charge in [0.05, 0.1) is 18.3 Å². The van der Waals surface area contributed by atoms with Gasteiger partial charge in [-0.25, -0.2) is 9.78 Å². The third-order valence-electron chi connectivity index (χ3n) is 1.96. The number of aromatic nitrogens is 2. The zero-order chi connectivity index (χ0) is 11.0. The number of nitrogen functional groups attached to an aromatic ring is 1. The fraction of sp³-hybridized carbons (Fsp3) is 0.111. The van der Waals surface area contributed by atoms with Crippen molar-refractivity contribution >= 4 is 34.3 Å². The third-order valence-corrected chi connectivity index (χ3v) is 2.18. The van der Waals surface area contributed by atoms with E-state index in [1.807, 2.05) is 0 Å². The molecule has 0 saturated carbocycles. The van der Waals surface area contributed by atoms with E-state index in [0.29, 0.717) is 21.7 Å². The molecule has 2 rings (SSSR count). The van der Waals surface area contributed by atoms with Crippen LogP contribution in [-0.4, -0.2) is 23.0 Å². The Bertz CT molecular complexity index is 535. The number of halogens is 1. The van der Waals surface area contributed by atoms with Crippen LogP contribution in [0.25, 0.3) is 11.0 Å². The summed E-state index contributed by atoms with van der Waals surface area (Å²) in [7, 11) is 1.28. The summed E-state index contributed by atoms with van der Waals surface area (Å²) in [6, 6.07) is 3.22. The summed E-state index contributed by atoms with van der Waals surface area (Å²) in [5, 5.41) is 0.486. The molecule has 6 heteroatoms. The van der Waals surface area contributed by atoms with Crippen LogP contribution in [0.2, 0.25) is 5.02 Å². The van der Waals surface area contributed by atoms with Gasteiger partial charge in [-0.2, -0.15) is 0 Å². The van der Waals surface area contributed by atoms with E-state index in [-0.39, 0.29) is 5.82 Å². The molecular weight excluding hydrogens is 218 g/mol. The number of ether oxygens (including phenoxy) is 1. The predicted molar refractivity (Wildman–Crippen MR) is 56.9 cm³/mol. The van der Waals surface area contributed by atoms with Crippen molar-refractivity contribution in [3.05, 3.63) is 23.0 Å². The van der Waals surface area contributed by atoms with Crippen LogP contribution in [0.15, 0.2) is 12.1 Å². The Kier molecular flexibility index (Phi) is 2.24. The average Bonchev–Trinajstić information content (AvgIpc) is 2.60. The summed E-state index contributed by atoms with van der Waals surface area (Å²) in [6.07, 6.45) is 0. The lowest BCUT2D eigenvalue weighted by atomic mass is 10.3. The van der Waals surface area contributed by atoms with Crippen molar-refractivity contribution in [3.8, 4) is 0 Å². The maximum absolute atomic E-state index is 11.2. The highest BCUT2D eigenvalue weighted by Gasteiger charge is 2.13. The lowest BCUT2D eigenvalue weighted by molar-refractivity contribution is 0.0588. The third kappa shape index (κ3) is 1.61. The van der Waals surface area contributed by atoms with Gasteiger partial charge in [-0.05, 0) is 12.1 Å². The van der Waals surface area contributed by atoms with Crippen molar-refractivity contribution < 1.29 is 9.53 Å². The molecule has 0 radical (unpaired) electrons. The molecule has 1 aromatic carbocycles. The second-order valence-electron chi connectivity index (χ2n) is 2.97. The van der Waals surface area contributed by atoms with E-state index in [1.165, 1.54) is 7.11 Å². The molecule has 0 aliphatic carbocycles. The number of carbonyl (C=O) groups excluding carboxylic acids is 1. The van der Waals surface area contributed by atoms with Crippen molar-refractivity contribution in [2.24, 2.45) is 0 Å². The van der Waals surface area contributed by atoms with E-state index in [9.17, 15) is 4.79 Å². The van der Waals surface area contributed by atoms with Crippen molar-refractivity contribution in [1.82, 2.24) is 9.97 Å². The Hall–Kier alpha value is -1.75. The summed E-state index contributed by atoms with van der Waals surface area (Å²) in [5.74, 6) is -0.428. The fourth-order valence-electron chi connectivity index (χ4n) is 1.30. The molecule has 78 valence electrons. The van der Waals surface area contributed by atoms with Gasteiger partial charge < -0.3 is 15.5 Å². The minimum atomic E-state index is -0.540. The van der Waals surface area contributed by atoms with Crippen molar-refractivity contribution in [1.29, 1.82) is 0 Å². The highest BCUT2D eigenvalue weighted by molar-refractivity contribution is 6.31. The lowest BCUT2D eigenvalue weighted by Crippen LogP contribution is -2.02. The van der Waals surface area contributed by atoms with Gasteiger partial charge in [0.2, 0.25) is 5.82 Å². The Morgan fingerprint density at radius 2 is 2.33 bits per heavy atom. The predicted octanol–water partition coefficient (Wildman–Crippen LogP) is 1.59. The molecule has 2 aromatic rings. The first-order valence-electron chi connectivity index (χ1n) is 4.15. The van der Waals surface area contributed by atoms with Gasteiger partial charge in [0.25, 0.3) is 0 Å². The number of hydrogen-bond donors (Lipinski definition) is 2. The van der Waals surface area contributed by atoms with E-state index < -0.39 is 5.97 Å². The zero-order valence-corrected chi connectivity index (χ0v) is 8.63. The molecule has 15 heavy (non-hydrogen) atoms. The number of rotatable bonds is 1. The van der Waals surface area contributed by atoms with Crippen LogP contribution in [0.5, 0.6) is 0 Å². The van der Waals surface area contributed by atoms with Gasteiger partial charge in [-0.3, -0.25) is 0 Å². The molecule has 3 N–H and O–H groups in total. The smallest absolute Gasteiger partial charge is 0.374 e. The molecule has 1 aromatic heterocycles. The second kappa shape index (κ2) is 3.43. The summed E-state index contributed by atoms with van der Waals surface area (Å²) in [4.78, 5) is 18.0. The van der Waals surface area contributed by atoms with Crippen molar-refractivity contribution in [3.63, 3.8) is 0 Å². The maximum Gasteiger partial charge on any atom is 0.374 e. The fourth-order valence-corrected chi connectivity index (χ4v) is 1.53. The van der Waals surface area contributed by atoms with Gasteiger partial charge in [-0.15, -0.1) is 0 Å². The number of carbonyl (C=O) groups is 1. The van der Waals surface area contributed by atoms with Crippen LogP contribution < -0.4 is 5.73 Å². The van der Waals surface area contributed by atoms with Gasteiger partial charge in [0.15, 0.2) is 0 Å². The van der Waals surface area contributed by atoms with E-state index in [2.05, 4.69) is 14.7 Å². The Morgan fingerprint density at radius 3 is 3.00 bits per heavy atom. The number of methoxy groups -OCH3 is 1. The zero-order valence-electron chi connectivity index (χ0n) is 7.87. The normalized spacial score (nSPS) is 10.5. The lowest BCUT2D eigenvalue weighted by Gasteiger charge is -1.94. The van der Waals surface area contributed by atoms with Crippen LogP contribution >= 0.6 is 11.6 Å². The number of anilines is 1. The molecule has 0 saturated heterocycles. The Morgan fingerprint density at radius 1 is 1.60 bits per heavy atom. The number of H-pyrrole nitrogens is 1. The minimum Gasteiger partial charge on any atom is -0.463 e. The molecule has 0 unspecified atom stereocenters. The monoisotopic (exact) mass is 225 g/mol. The molecule has 0 fully saturated rings. The number of nitrogens with zero attached hydrogens (tertiary/aromatic N) is 1. The average molecular weight is 226 g/mol. The van der Waals surface area contributed by atoms with Crippen LogP contribution in [0.3, 0.4) is 0 Å². The van der Waals surface area contributed by atoms with Gasteiger partial charge in [0, 0.05) is 5.02 Å². The van der Waals surface area contributed by atoms with Crippen LogP contribution in [0, 0.1) is 0 Å². The van der Waals surface area contributed by atoms with Gasteiger partial charge >= 0.3 is 5.97 Å². The van der Waals surface area contributed by atoms with E-state index in [1.54, 1.807) is 12.1 Å². The topological polar surface area (TPSA) is 81.0 Å². The molecule has 0 aliphatic rings. The van der Waals surface area contributed by atoms with Crippen molar-refractivity contribution in [2.75, 3.05) is 12.8 Å². The molecular formula is C9H8ClN3O2. The molecule has 0 spiro atoms. The van der Waals surface area contributed by atoms with E-state index in [0.717, 1.165) is 0 Å². The molecule has 0 amide bonds. The van der Waals surface area contributed by atoms with Crippen LogP contribution in [-0.2, 0) is 4.74 Å². The minimum absolute atomic E-state index is 0.112. The van der Waals surface area contributed by atoms with Crippen LogP contribution in [0.4, 0.5) is 5.69 Å². The molecule has 0 aliphatic heterocycles. The van der Waals surface area contributed by atoms with E-state index in [4.69, 9.17) is 17.3 Å².